The summed E-state index contributed by atoms with van der Waals surface area (Å²) in [4.78, 5) is 16.8. The molecule has 0 bridgehead atoms. The fourth-order valence-electron chi connectivity index (χ4n) is 2.71. The molecule has 32 heavy (non-hydrogen) atoms. The van der Waals surface area contributed by atoms with E-state index in [4.69, 9.17) is 11.6 Å². The average Bonchev–Trinajstić information content (AvgIpc) is 3.17. The van der Waals surface area contributed by atoms with E-state index in [1.165, 1.54) is 36.0 Å². The number of amides is 1. The highest BCUT2D eigenvalue weighted by atomic mass is 79.9. The highest BCUT2D eigenvalue weighted by molar-refractivity contribution is 9.10. The Hall–Kier alpha value is -1.92. The fraction of sp³-hybridized carbons (Fsp3) is 0.250. The number of nitrogens with one attached hydrogen (secondary N) is 2. The van der Waals surface area contributed by atoms with Crippen LogP contribution in [0.2, 0.25) is 5.02 Å². The van der Waals surface area contributed by atoms with E-state index < -0.39 is 15.9 Å². The lowest BCUT2D eigenvalue weighted by Crippen LogP contribution is -2.40. The zero-order valence-corrected chi connectivity index (χ0v) is 21.1. The van der Waals surface area contributed by atoms with Gasteiger partial charge in [0, 0.05) is 28.3 Å². The third-order valence-corrected chi connectivity index (χ3v) is 7.71. The van der Waals surface area contributed by atoms with E-state index in [0.717, 1.165) is 14.3 Å². The molecule has 1 heterocycles. The Morgan fingerprint density at radius 3 is 2.50 bits per heavy atom. The van der Waals surface area contributed by atoms with Gasteiger partial charge in [-0.15, -0.1) is 5.10 Å². The largest absolute Gasteiger partial charge is 0.354 e. The third-order valence-electron chi connectivity index (χ3n) is 4.28. The molecule has 8 nitrogen and oxygen atoms in total. The Labute approximate surface area is 204 Å². The van der Waals surface area contributed by atoms with Crippen LogP contribution in [0.5, 0.6) is 0 Å². The van der Waals surface area contributed by atoms with Crippen molar-refractivity contribution >= 4 is 55.2 Å². The second-order valence-electron chi connectivity index (χ2n) is 6.76. The van der Waals surface area contributed by atoms with Crippen molar-refractivity contribution in [3.63, 3.8) is 0 Å². The standard InChI is InChI=1S/C20H21BrClN5O3S2/c1-14-24-20(26-25-14)31-11-10-23-19(28)13-27(12-15-2-4-16(21)5-3-15)32(29,30)18-8-6-17(22)7-9-18/h2-9H,10-13H2,1H3,(H,23,28)(H,24,25,26). The van der Waals surface area contributed by atoms with Crippen LogP contribution in [0.15, 0.2) is 63.1 Å². The molecule has 0 atom stereocenters. The van der Waals surface area contributed by atoms with Crippen molar-refractivity contribution in [3.05, 3.63) is 69.4 Å². The van der Waals surface area contributed by atoms with E-state index in [-0.39, 0.29) is 18.0 Å². The van der Waals surface area contributed by atoms with Crippen molar-refractivity contribution in [1.82, 2.24) is 24.8 Å². The zero-order valence-electron chi connectivity index (χ0n) is 17.1. The summed E-state index contributed by atoms with van der Waals surface area (Å²) in [5.74, 6) is 0.874. The third kappa shape index (κ3) is 7.04. The Kier molecular flexibility index (Phi) is 8.72. The van der Waals surface area contributed by atoms with Crippen molar-refractivity contribution in [2.45, 2.75) is 23.5 Å². The summed E-state index contributed by atoms with van der Waals surface area (Å²) in [5, 5.41) is 10.6. The normalized spacial score (nSPS) is 11.6. The lowest BCUT2D eigenvalue weighted by Gasteiger charge is -2.22. The number of nitrogens with zero attached hydrogens (tertiary/aromatic N) is 3. The van der Waals surface area contributed by atoms with E-state index >= 15 is 0 Å². The van der Waals surface area contributed by atoms with E-state index in [9.17, 15) is 13.2 Å². The van der Waals surface area contributed by atoms with Gasteiger partial charge in [0.1, 0.15) is 5.82 Å². The van der Waals surface area contributed by atoms with Crippen LogP contribution in [-0.4, -0.2) is 52.7 Å². The number of aromatic nitrogens is 3. The molecule has 0 aliphatic carbocycles. The number of hydrogen-bond acceptors (Lipinski definition) is 6. The van der Waals surface area contributed by atoms with Crippen molar-refractivity contribution in [2.75, 3.05) is 18.8 Å². The van der Waals surface area contributed by atoms with Crippen molar-refractivity contribution < 1.29 is 13.2 Å². The van der Waals surface area contributed by atoms with Crippen LogP contribution in [-0.2, 0) is 21.4 Å². The number of aryl methyl sites for hydroxylation is 1. The van der Waals surface area contributed by atoms with Gasteiger partial charge < -0.3 is 5.32 Å². The number of rotatable bonds is 10. The summed E-state index contributed by atoms with van der Waals surface area (Å²) in [7, 11) is -3.92. The zero-order chi connectivity index (χ0) is 23.1. The molecule has 2 aromatic carbocycles. The monoisotopic (exact) mass is 557 g/mol. The maximum absolute atomic E-state index is 13.2. The lowest BCUT2D eigenvalue weighted by molar-refractivity contribution is -0.121. The van der Waals surface area contributed by atoms with Gasteiger partial charge in [-0.05, 0) is 48.9 Å². The van der Waals surface area contributed by atoms with Gasteiger partial charge in [0.15, 0.2) is 0 Å². The van der Waals surface area contributed by atoms with Gasteiger partial charge in [-0.25, -0.2) is 13.4 Å². The van der Waals surface area contributed by atoms with Crippen molar-refractivity contribution in [2.24, 2.45) is 0 Å². The molecule has 0 fully saturated rings. The highest BCUT2D eigenvalue weighted by Gasteiger charge is 2.27. The van der Waals surface area contributed by atoms with Crippen LogP contribution in [0.3, 0.4) is 0 Å². The van der Waals surface area contributed by atoms with Crippen LogP contribution < -0.4 is 5.32 Å². The minimum atomic E-state index is -3.92. The molecule has 0 aliphatic rings. The second kappa shape index (κ2) is 11.3. The number of H-pyrrole nitrogens is 1. The first-order valence-corrected chi connectivity index (χ1v) is 13.1. The first kappa shape index (κ1) is 24.7. The van der Waals surface area contributed by atoms with E-state index in [1.807, 2.05) is 24.3 Å². The summed E-state index contributed by atoms with van der Waals surface area (Å²) in [6.45, 7) is 1.90. The van der Waals surface area contributed by atoms with Crippen LogP contribution in [0, 0.1) is 6.92 Å². The molecular weight excluding hydrogens is 538 g/mol. The summed E-state index contributed by atoms with van der Waals surface area (Å²) in [5.41, 5.74) is 0.758. The molecule has 0 radical (unpaired) electrons. The quantitative estimate of drug-likeness (QED) is 0.291. The number of halogens is 2. The van der Waals surface area contributed by atoms with Gasteiger partial charge in [-0.3, -0.25) is 9.89 Å². The molecular formula is C20H21BrClN5O3S2. The van der Waals surface area contributed by atoms with Gasteiger partial charge >= 0.3 is 0 Å². The average molecular weight is 559 g/mol. The number of aromatic amines is 1. The number of benzene rings is 2. The highest BCUT2D eigenvalue weighted by Crippen LogP contribution is 2.21. The molecule has 2 N–H and O–H groups in total. The molecule has 3 aromatic rings. The van der Waals surface area contributed by atoms with Gasteiger partial charge in [0.2, 0.25) is 21.1 Å². The molecule has 0 saturated carbocycles. The SMILES string of the molecule is Cc1nc(SCCNC(=O)CN(Cc2ccc(Br)cc2)S(=O)(=O)c2ccc(Cl)cc2)n[nH]1. The summed E-state index contributed by atoms with van der Waals surface area (Å²) < 4.78 is 28.5. The molecule has 0 saturated heterocycles. The minimum Gasteiger partial charge on any atom is -0.354 e. The number of thioether (sulfide) groups is 1. The molecule has 0 spiro atoms. The van der Waals surface area contributed by atoms with Crippen molar-refractivity contribution in [3.8, 4) is 0 Å². The Morgan fingerprint density at radius 1 is 1.19 bits per heavy atom. The number of hydrogen-bond donors (Lipinski definition) is 2. The Bertz CT molecular complexity index is 1150. The lowest BCUT2D eigenvalue weighted by atomic mass is 10.2. The number of carbonyl (C=O) groups excluding carboxylic acids is 1. The molecule has 0 aliphatic heterocycles. The van der Waals surface area contributed by atoms with Crippen LogP contribution in [0.25, 0.3) is 0 Å². The Balaban J connectivity index is 1.67. The molecule has 0 unspecified atom stereocenters. The van der Waals surface area contributed by atoms with Gasteiger partial charge in [0.05, 0.1) is 11.4 Å². The predicted octanol–water partition coefficient (Wildman–Crippen LogP) is 3.63. The Morgan fingerprint density at radius 2 is 1.88 bits per heavy atom. The van der Waals surface area contributed by atoms with Gasteiger partial charge in [-0.2, -0.15) is 4.31 Å². The molecule has 170 valence electrons. The maximum atomic E-state index is 13.2. The van der Waals surface area contributed by atoms with Crippen LogP contribution >= 0.6 is 39.3 Å². The van der Waals surface area contributed by atoms with Gasteiger partial charge in [-0.1, -0.05) is 51.4 Å². The van der Waals surface area contributed by atoms with Crippen LogP contribution in [0.4, 0.5) is 0 Å². The maximum Gasteiger partial charge on any atom is 0.243 e. The molecule has 1 amide bonds. The predicted molar refractivity (Wildman–Crippen MR) is 128 cm³/mol. The second-order valence-corrected chi connectivity index (χ2v) is 11.1. The first-order chi connectivity index (χ1) is 15.2. The van der Waals surface area contributed by atoms with Crippen molar-refractivity contribution in [1.29, 1.82) is 0 Å². The smallest absolute Gasteiger partial charge is 0.243 e. The number of sulfonamides is 1. The first-order valence-electron chi connectivity index (χ1n) is 9.53. The van der Waals surface area contributed by atoms with Gasteiger partial charge in [0.25, 0.3) is 0 Å². The molecule has 1 aromatic heterocycles. The van der Waals surface area contributed by atoms with E-state index in [0.29, 0.717) is 28.3 Å². The molecule has 3 rings (SSSR count). The summed E-state index contributed by atoms with van der Waals surface area (Å²) in [6.07, 6.45) is 0. The van der Waals surface area contributed by atoms with E-state index in [1.54, 1.807) is 6.92 Å². The summed E-state index contributed by atoms with van der Waals surface area (Å²) in [6, 6.07) is 13.1. The minimum absolute atomic E-state index is 0.0525. The fourth-order valence-corrected chi connectivity index (χ4v) is 5.18. The van der Waals surface area contributed by atoms with E-state index in [2.05, 4.69) is 36.4 Å². The molecule has 12 heteroatoms. The topological polar surface area (TPSA) is 108 Å². The van der Waals surface area contributed by atoms with Crippen LogP contribution in [0.1, 0.15) is 11.4 Å². The summed E-state index contributed by atoms with van der Waals surface area (Å²) >= 11 is 10.7. The number of carbonyl (C=O) groups is 1.